The molecule has 4 rings (SSSR count). The van der Waals surface area contributed by atoms with Gasteiger partial charge in [-0.05, 0) is 68.5 Å². The summed E-state index contributed by atoms with van der Waals surface area (Å²) in [5, 5.41) is 0.591. The molecule has 1 aliphatic carbocycles. The molecule has 240 valence electrons. The summed E-state index contributed by atoms with van der Waals surface area (Å²) >= 11 is 0. The molecule has 1 saturated carbocycles. The normalized spacial score (nSPS) is 13.4. The van der Waals surface area contributed by atoms with Crippen LogP contribution in [0.5, 0.6) is 0 Å². The number of furan rings is 1. The quantitative estimate of drug-likeness (QED) is 0.208. The molecule has 0 atom stereocenters. The number of halogens is 1. The summed E-state index contributed by atoms with van der Waals surface area (Å²) in [4.78, 5) is 26.2. The van der Waals surface area contributed by atoms with E-state index in [9.17, 15) is 22.4 Å². The van der Waals surface area contributed by atoms with Crippen LogP contribution in [0.4, 0.5) is 10.1 Å². The third-order valence-corrected chi connectivity index (χ3v) is 8.50. The Hall–Kier alpha value is -3.52. The summed E-state index contributed by atoms with van der Waals surface area (Å²) in [5.41, 5.74) is 7.59. The third kappa shape index (κ3) is 8.35. The summed E-state index contributed by atoms with van der Waals surface area (Å²) in [7, 11) is -3.72. The second-order valence-corrected chi connectivity index (χ2v) is 12.5. The predicted octanol–water partition coefficient (Wildman–Crippen LogP) is 3.90. The van der Waals surface area contributed by atoms with Crippen LogP contribution in [-0.4, -0.2) is 90.7 Å². The van der Waals surface area contributed by atoms with Crippen LogP contribution < -0.4 is 10.0 Å². The van der Waals surface area contributed by atoms with Gasteiger partial charge in [-0.3, -0.25) is 13.9 Å². The fourth-order valence-electron chi connectivity index (χ4n) is 5.00. The van der Waals surface area contributed by atoms with Crippen molar-refractivity contribution in [2.45, 2.75) is 32.6 Å². The largest absolute Gasteiger partial charge is 0.455 e. The van der Waals surface area contributed by atoms with E-state index in [1.54, 1.807) is 23.1 Å². The van der Waals surface area contributed by atoms with Crippen molar-refractivity contribution in [3.05, 3.63) is 53.3 Å². The standard InChI is InChI=1S/C31H40FN3O8S/c1-4-34(5-2)31(37)29-25-18-24(21-6-7-21)26(19-27(25)43-30(29)22-8-10-23(32)11-9-22)35(44(3,38)39)12-13-40-14-15-41-16-17-42-20-28(33)36/h8-11,18-19,21H,4-7,12-17,20H2,1-3H3,(H2,33,36). The SMILES string of the molecule is CCN(CC)C(=O)c1c(-c2ccc(F)cc2)oc2cc(N(CCOCCOCCOCC(N)=O)S(C)(=O)=O)c(C3CC3)cc12. The first-order valence-electron chi connectivity index (χ1n) is 14.7. The number of fused-ring (bicyclic) bond motifs is 1. The number of nitrogens with two attached hydrogens (primary N) is 1. The monoisotopic (exact) mass is 633 g/mol. The van der Waals surface area contributed by atoms with Crippen molar-refractivity contribution in [3.63, 3.8) is 0 Å². The molecular formula is C31H40FN3O8S. The highest BCUT2D eigenvalue weighted by Gasteiger charge is 2.33. The molecule has 2 amide bonds. The lowest BCUT2D eigenvalue weighted by Crippen LogP contribution is -2.34. The van der Waals surface area contributed by atoms with Gasteiger partial charge in [0.1, 0.15) is 23.8 Å². The molecule has 3 aromatic rings. The van der Waals surface area contributed by atoms with Gasteiger partial charge in [-0.15, -0.1) is 0 Å². The van der Waals surface area contributed by atoms with E-state index in [1.807, 2.05) is 19.9 Å². The molecule has 2 aromatic carbocycles. The maximum atomic E-state index is 13.8. The zero-order valence-corrected chi connectivity index (χ0v) is 26.2. The minimum Gasteiger partial charge on any atom is -0.455 e. The molecule has 2 N–H and O–H groups in total. The van der Waals surface area contributed by atoms with Gasteiger partial charge in [-0.1, -0.05) is 0 Å². The van der Waals surface area contributed by atoms with E-state index in [4.69, 9.17) is 24.4 Å². The van der Waals surface area contributed by atoms with E-state index in [-0.39, 0.29) is 58.0 Å². The maximum Gasteiger partial charge on any atom is 0.258 e. The van der Waals surface area contributed by atoms with Crippen LogP contribution in [0.3, 0.4) is 0 Å². The average Bonchev–Trinajstić information content (AvgIpc) is 3.76. The van der Waals surface area contributed by atoms with Crippen molar-refractivity contribution in [3.8, 4) is 11.3 Å². The minimum absolute atomic E-state index is 0.0581. The second-order valence-electron chi connectivity index (χ2n) is 10.6. The van der Waals surface area contributed by atoms with E-state index in [1.165, 1.54) is 16.4 Å². The Balaban J connectivity index is 1.61. The molecule has 0 radical (unpaired) electrons. The van der Waals surface area contributed by atoms with Crippen LogP contribution in [0.25, 0.3) is 22.3 Å². The van der Waals surface area contributed by atoms with Gasteiger partial charge in [0, 0.05) is 30.1 Å². The number of sulfonamides is 1. The summed E-state index contributed by atoms with van der Waals surface area (Å²) in [6.45, 7) is 5.76. The first kappa shape index (κ1) is 33.4. The van der Waals surface area contributed by atoms with Crippen molar-refractivity contribution in [2.75, 3.05) is 69.8 Å². The molecule has 11 nitrogen and oxygen atoms in total. The number of hydrogen-bond acceptors (Lipinski definition) is 8. The van der Waals surface area contributed by atoms with Crippen LogP contribution in [0.15, 0.2) is 40.8 Å². The van der Waals surface area contributed by atoms with Crippen LogP contribution in [0.2, 0.25) is 0 Å². The summed E-state index contributed by atoms with van der Waals surface area (Å²) in [6, 6.07) is 9.31. The summed E-state index contributed by atoms with van der Waals surface area (Å²) in [5.74, 6) is -0.721. The molecule has 1 heterocycles. The van der Waals surface area contributed by atoms with E-state index in [2.05, 4.69) is 0 Å². The van der Waals surface area contributed by atoms with E-state index in [0.717, 1.165) is 24.7 Å². The minimum atomic E-state index is -3.72. The van der Waals surface area contributed by atoms with Crippen LogP contribution in [0, 0.1) is 5.82 Å². The average molecular weight is 634 g/mol. The van der Waals surface area contributed by atoms with Gasteiger partial charge >= 0.3 is 0 Å². The zero-order chi connectivity index (χ0) is 31.9. The first-order chi connectivity index (χ1) is 21.0. The lowest BCUT2D eigenvalue weighted by Gasteiger charge is -2.25. The Morgan fingerprint density at radius 3 is 2.16 bits per heavy atom. The van der Waals surface area contributed by atoms with Gasteiger partial charge in [0.05, 0.1) is 57.1 Å². The maximum absolute atomic E-state index is 13.8. The fourth-order valence-corrected chi connectivity index (χ4v) is 5.92. The third-order valence-electron chi connectivity index (χ3n) is 7.32. The Kier molecular flexibility index (Phi) is 11.4. The number of primary amides is 1. The number of carbonyl (C=O) groups is 2. The number of hydrogen-bond donors (Lipinski definition) is 1. The summed E-state index contributed by atoms with van der Waals surface area (Å²) < 4.78 is 63.5. The number of nitrogens with zero attached hydrogens (tertiary/aromatic N) is 2. The van der Waals surface area contributed by atoms with Gasteiger partial charge in [0.25, 0.3) is 5.91 Å². The number of ether oxygens (including phenoxy) is 3. The molecule has 0 spiro atoms. The van der Waals surface area contributed by atoms with Crippen molar-refractivity contribution >= 4 is 38.5 Å². The highest BCUT2D eigenvalue weighted by Crippen LogP contribution is 2.48. The van der Waals surface area contributed by atoms with Gasteiger partial charge in [-0.25, -0.2) is 12.8 Å². The van der Waals surface area contributed by atoms with Crippen molar-refractivity contribution in [2.24, 2.45) is 5.73 Å². The highest BCUT2D eigenvalue weighted by atomic mass is 32.2. The molecule has 0 saturated heterocycles. The van der Waals surface area contributed by atoms with Crippen molar-refractivity contribution in [1.29, 1.82) is 0 Å². The highest BCUT2D eigenvalue weighted by molar-refractivity contribution is 7.92. The molecule has 0 aliphatic heterocycles. The lowest BCUT2D eigenvalue weighted by atomic mass is 10.00. The Bertz CT molecular complexity index is 1550. The molecular weight excluding hydrogens is 593 g/mol. The lowest BCUT2D eigenvalue weighted by molar-refractivity contribution is -0.123. The number of benzene rings is 2. The van der Waals surface area contributed by atoms with Crippen LogP contribution >= 0.6 is 0 Å². The molecule has 0 bridgehead atoms. The van der Waals surface area contributed by atoms with E-state index in [0.29, 0.717) is 46.6 Å². The molecule has 0 unspecified atom stereocenters. The molecule has 13 heteroatoms. The molecule has 44 heavy (non-hydrogen) atoms. The van der Waals surface area contributed by atoms with E-state index < -0.39 is 21.7 Å². The molecule has 1 fully saturated rings. The number of amides is 2. The van der Waals surface area contributed by atoms with Crippen molar-refractivity contribution in [1.82, 2.24) is 4.90 Å². The van der Waals surface area contributed by atoms with E-state index >= 15 is 0 Å². The zero-order valence-electron chi connectivity index (χ0n) is 25.3. The van der Waals surface area contributed by atoms with Gasteiger partial charge < -0.3 is 29.3 Å². The van der Waals surface area contributed by atoms with Gasteiger partial charge in [0.15, 0.2) is 0 Å². The Labute approximate surface area is 257 Å². The molecule has 1 aliphatic rings. The van der Waals surface area contributed by atoms with Crippen LogP contribution in [-0.2, 0) is 29.0 Å². The first-order valence-corrected chi connectivity index (χ1v) is 16.5. The summed E-state index contributed by atoms with van der Waals surface area (Å²) in [6.07, 6.45) is 2.94. The fraction of sp³-hybridized carbons (Fsp3) is 0.484. The van der Waals surface area contributed by atoms with Gasteiger partial charge in [-0.2, -0.15) is 0 Å². The number of rotatable bonds is 18. The van der Waals surface area contributed by atoms with Gasteiger partial charge in [0.2, 0.25) is 15.9 Å². The Morgan fingerprint density at radius 2 is 1.59 bits per heavy atom. The predicted molar refractivity (Wildman–Crippen MR) is 165 cm³/mol. The van der Waals surface area contributed by atoms with Crippen LogP contribution in [0.1, 0.15) is 48.5 Å². The smallest absolute Gasteiger partial charge is 0.258 e. The van der Waals surface area contributed by atoms with Crippen molar-refractivity contribution < 1.29 is 41.0 Å². The second kappa shape index (κ2) is 15.0. The Morgan fingerprint density at radius 1 is 0.977 bits per heavy atom. The number of anilines is 1. The molecule has 1 aromatic heterocycles. The number of carbonyl (C=O) groups excluding carboxylic acids is 2. The topological polar surface area (TPSA) is 142 Å².